The summed E-state index contributed by atoms with van der Waals surface area (Å²) in [7, 11) is -3.42. The molecule has 0 aliphatic carbocycles. The van der Waals surface area contributed by atoms with Crippen LogP contribution in [-0.2, 0) is 34.3 Å². The van der Waals surface area contributed by atoms with Crippen LogP contribution in [0.1, 0.15) is 44.0 Å². The average Bonchev–Trinajstić information content (AvgIpc) is 3.11. The molecule has 1 aliphatic rings. The molecule has 1 saturated heterocycles. The molecule has 3 rings (SSSR count). The Hall–Kier alpha value is -2.04. The molecule has 2 aromatic rings. The van der Waals surface area contributed by atoms with E-state index in [1.165, 1.54) is 0 Å². The van der Waals surface area contributed by atoms with E-state index in [0.717, 1.165) is 24.8 Å². The third-order valence-electron chi connectivity index (χ3n) is 5.11. The van der Waals surface area contributed by atoms with Gasteiger partial charge in [-0.05, 0) is 56.1 Å². The lowest BCUT2D eigenvalue weighted by molar-refractivity contribution is -0.121. The maximum atomic E-state index is 12.7. The number of nitrogens with one attached hydrogen (secondary N) is 2. The lowest BCUT2D eigenvalue weighted by Gasteiger charge is -2.25. The van der Waals surface area contributed by atoms with Gasteiger partial charge in [-0.25, -0.2) is 8.42 Å². The third kappa shape index (κ3) is 5.31. The summed E-state index contributed by atoms with van der Waals surface area (Å²) in [6.07, 6.45) is 3.76. The van der Waals surface area contributed by atoms with E-state index < -0.39 is 10.0 Å². The molecule has 0 saturated carbocycles. The molecule has 2 N–H and O–H groups in total. The summed E-state index contributed by atoms with van der Waals surface area (Å²) in [4.78, 5) is 12.5. The fourth-order valence-electron chi connectivity index (χ4n) is 3.42. The molecule has 8 nitrogen and oxygen atoms in total. The van der Waals surface area contributed by atoms with Crippen LogP contribution in [0.15, 0.2) is 29.2 Å². The monoisotopic (exact) mass is 437 g/mol. The van der Waals surface area contributed by atoms with Crippen molar-refractivity contribution < 1.29 is 13.2 Å². The second kappa shape index (κ2) is 9.64. The van der Waals surface area contributed by atoms with E-state index in [2.05, 4.69) is 15.5 Å². The number of aryl methyl sites for hydroxylation is 1. The first-order valence-electron chi connectivity index (χ1n) is 9.91. The summed E-state index contributed by atoms with van der Waals surface area (Å²) >= 11 is 5.13. The van der Waals surface area contributed by atoms with Gasteiger partial charge in [0.05, 0.1) is 11.4 Å². The number of carbonyl (C=O) groups excluding carboxylic acids is 1. The van der Waals surface area contributed by atoms with Gasteiger partial charge in [0.25, 0.3) is 0 Å². The normalized spacial score (nSPS) is 15.3. The zero-order valence-electron chi connectivity index (χ0n) is 16.6. The standard InChI is InChI=1S/C19H27N5O3S2/c1-2-24-17(21-22-19(24)28)14-20-18(25)11-8-15-6-9-16(10-7-15)29(26,27)23-12-4-3-5-13-23/h6-7,9-10H,2-5,8,11-14H2,1H3,(H,20,25)(H,22,28). The molecule has 1 aliphatic heterocycles. The highest BCUT2D eigenvalue weighted by Gasteiger charge is 2.25. The fourth-order valence-corrected chi connectivity index (χ4v) is 5.21. The highest BCUT2D eigenvalue weighted by Crippen LogP contribution is 2.21. The second-order valence-corrected chi connectivity index (χ2v) is 9.40. The summed E-state index contributed by atoms with van der Waals surface area (Å²) < 4.78 is 29.3. The first-order chi connectivity index (χ1) is 13.9. The molecular formula is C19H27N5O3S2. The van der Waals surface area contributed by atoms with Crippen LogP contribution in [0, 0.1) is 4.77 Å². The van der Waals surface area contributed by atoms with Gasteiger partial charge >= 0.3 is 0 Å². The minimum atomic E-state index is -3.42. The topological polar surface area (TPSA) is 100 Å². The van der Waals surface area contributed by atoms with E-state index >= 15 is 0 Å². The highest BCUT2D eigenvalue weighted by atomic mass is 32.2. The number of piperidine rings is 1. The number of aromatic amines is 1. The number of benzene rings is 1. The molecule has 2 heterocycles. The number of nitrogens with zero attached hydrogens (tertiary/aromatic N) is 3. The summed E-state index contributed by atoms with van der Waals surface area (Å²) in [5.74, 6) is 0.602. The first-order valence-corrected chi connectivity index (χ1v) is 11.8. The first kappa shape index (κ1) is 21.7. The Kier molecular flexibility index (Phi) is 7.20. The van der Waals surface area contributed by atoms with E-state index in [-0.39, 0.29) is 5.91 Å². The molecule has 0 radical (unpaired) electrons. The zero-order chi connectivity index (χ0) is 20.9. The molecule has 0 unspecified atom stereocenters. The van der Waals surface area contributed by atoms with Crippen LogP contribution in [0.2, 0.25) is 0 Å². The minimum Gasteiger partial charge on any atom is -0.349 e. The number of aromatic nitrogens is 3. The van der Waals surface area contributed by atoms with Crippen molar-refractivity contribution in [2.75, 3.05) is 13.1 Å². The van der Waals surface area contributed by atoms with Gasteiger partial charge in [-0.1, -0.05) is 18.6 Å². The third-order valence-corrected chi connectivity index (χ3v) is 7.34. The van der Waals surface area contributed by atoms with E-state index in [4.69, 9.17) is 12.2 Å². The maximum absolute atomic E-state index is 12.7. The van der Waals surface area contributed by atoms with Gasteiger partial charge in [0.2, 0.25) is 15.9 Å². The van der Waals surface area contributed by atoms with Gasteiger partial charge in [0, 0.05) is 26.1 Å². The number of sulfonamides is 1. The lowest BCUT2D eigenvalue weighted by atomic mass is 10.1. The molecule has 0 spiro atoms. The molecule has 0 atom stereocenters. The van der Waals surface area contributed by atoms with Crippen molar-refractivity contribution in [3.05, 3.63) is 40.4 Å². The van der Waals surface area contributed by atoms with Crippen molar-refractivity contribution in [3.8, 4) is 0 Å². The van der Waals surface area contributed by atoms with Crippen molar-refractivity contribution in [1.82, 2.24) is 24.4 Å². The molecule has 1 fully saturated rings. The van der Waals surface area contributed by atoms with Crippen molar-refractivity contribution in [2.45, 2.75) is 57.0 Å². The van der Waals surface area contributed by atoms with E-state index in [9.17, 15) is 13.2 Å². The van der Waals surface area contributed by atoms with Crippen LogP contribution < -0.4 is 5.32 Å². The van der Waals surface area contributed by atoms with Crippen molar-refractivity contribution in [3.63, 3.8) is 0 Å². The summed E-state index contributed by atoms with van der Waals surface area (Å²) in [6.45, 7) is 4.14. The quantitative estimate of drug-likeness (QED) is 0.618. The predicted octanol–water partition coefficient (Wildman–Crippen LogP) is 2.38. The van der Waals surface area contributed by atoms with Crippen LogP contribution >= 0.6 is 12.2 Å². The van der Waals surface area contributed by atoms with Gasteiger partial charge in [-0.2, -0.15) is 9.40 Å². The average molecular weight is 438 g/mol. The maximum Gasteiger partial charge on any atom is 0.243 e. The molecular weight excluding hydrogens is 410 g/mol. The van der Waals surface area contributed by atoms with Gasteiger partial charge in [-0.3, -0.25) is 9.89 Å². The van der Waals surface area contributed by atoms with Gasteiger partial charge < -0.3 is 9.88 Å². The van der Waals surface area contributed by atoms with Gasteiger partial charge in [-0.15, -0.1) is 0 Å². The van der Waals surface area contributed by atoms with Crippen LogP contribution in [0.4, 0.5) is 0 Å². The van der Waals surface area contributed by atoms with Crippen molar-refractivity contribution >= 4 is 28.1 Å². The Morgan fingerprint density at radius 1 is 1.21 bits per heavy atom. The SMILES string of the molecule is CCn1c(CNC(=O)CCc2ccc(S(=O)(=O)N3CCCCC3)cc2)n[nH]c1=S. The van der Waals surface area contributed by atoms with E-state index in [1.54, 1.807) is 28.6 Å². The molecule has 29 heavy (non-hydrogen) atoms. The molecule has 158 valence electrons. The molecule has 0 bridgehead atoms. The number of carbonyl (C=O) groups is 1. The van der Waals surface area contributed by atoms with Gasteiger partial charge in [0.1, 0.15) is 0 Å². The van der Waals surface area contributed by atoms with Crippen LogP contribution in [0.3, 0.4) is 0 Å². The number of amides is 1. The highest BCUT2D eigenvalue weighted by molar-refractivity contribution is 7.89. The molecule has 10 heteroatoms. The fraction of sp³-hybridized carbons (Fsp3) is 0.526. The number of H-pyrrole nitrogens is 1. The zero-order valence-corrected chi connectivity index (χ0v) is 18.2. The Morgan fingerprint density at radius 2 is 1.90 bits per heavy atom. The largest absolute Gasteiger partial charge is 0.349 e. The Balaban J connectivity index is 1.52. The number of rotatable bonds is 8. The van der Waals surface area contributed by atoms with Crippen LogP contribution in [0.25, 0.3) is 0 Å². The predicted molar refractivity (Wildman–Crippen MR) is 112 cm³/mol. The van der Waals surface area contributed by atoms with Crippen LogP contribution in [0.5, 0.6) is 0 Å². The summed E-state index contributed by atoms with van der Waals surface area (Å²) in [5.41, 5.74) is 0.925. The second-order valence-electron chi connectivity index (χ2n) is 7.07. The number of hydrogen-bond donors (Lipinski definition) is 2. The van der Waals surface area contributed by atoms with E-state index in [0.29, 0.717) is 54.5 Å². The van der Waals surface area contributed by atoms with Crippen LogP contribution in [-0.4, -0.2) is 46.5 Å². The smallest absolute Gasteiger partial charge is 0.243 e. The lowest BCUT2D eigenvalue weighted by Crippen LogP contribution is -2.35. The minimum absolute atomic E-state index is 0.0911. The summed E-state index contributed by atoms with van der Waals surface area (Å²) in [5, 5.41) is 9.69. The summed E-state index contributed by atoms with van der Waals surface area (Å²) in [6, 6.07) is 6.84. The molecule has 1 aromatic heterocycles. The number of hydrogen-bond acceptors (Lipinski definition) is 5. The Bertz CT molecular complexity index is 990. The Labute approximate surface area is 176 Å². The molecule has 1 aromatic carbocycles. The Morgan fingerprint density at radius 3 is 2.55 bits per heavy atom. The van der Waals surface area contributed by atoms with Crippen molar-refractivity contribution in [1.29, 1.82) is 0 Å². The molecule has 1 amide bonds. The van der Waals surface area contributed by atoms with Crippen molar-refractivity contribution in [2.24, 2.45) is 0 Å². The van der Waals surface area contributed by atoms with Gasteiger partial charge in [0.15, 0.2) is 10.6 Å². The van der Waals surface area contributed by atoms with E-state index in [1.807, 2.05) is 11.5 Å².